The Morgan fingerprint density at radius 2 is 1.04 bits per heavy atom. The van der Waals surface area contributed by atoms with E-state index in [-0.39, 0.29) is 13.2 Å². The number of esters is 2. The van der Waals surface area contributed by atoms with Crippen LogP contribution in [0.5, 0.6) is 11.5 Å². The first-order valence-corrected chi connectivity index (χ1v) is 8.47. The Labute approximate surface area is 159 Å². The van der Waals surface area contributed by atoms with Gasteiger partial charge in [-0.3, -0.25) is 9.59 Å². The van der Waals surface area contributed by atoms with Gasteiger partial charge in [0, 0.05) is 0 Å². The van der Waals surface area contributed by atoms with Crippen molar-refractivity contribution in [1.29, 1.82) is 0 Å². The van der Waals surface area contributed by atoms with E-state index in [4.69, 9.17) is 18.9 Å². The fourth-order valence-corrected chi connectivity index (χ4v) is 2.19. The van der Waals surface area contributed by atoms with E-state index >= 15 is 0 Å². The van der Waals surface area contributed by atoms with E-state index in [2.05, 4.69) is 0 Å². The predicted octanol–water partition coefficient (Wildman–Crippen LogP) is 3.52. The van der Waals surface area contributed by atoms with Crippen molar-refractivity contribution in [3.63, 3.8) is 0 Å². The molecule has 6 nitrogen and oxygen atoms in total. The van der Waals surface area contributed by atoms with Crippen molar-refractivity contribution in [2.24, 2.45) is 5.41 Å². The standard InChI is InChI=1S/C21H24O6/c1-21(2,19(22)26-13-15-5-9-17(24-3)10-6-15)20(23)27-14-16-7-11-18(25-4)12-8-16/h5-12H,13-14H2,1-4H3. The fourth-order valence-electron chi connectivity index (χ4n) is 2.19. The summed E-state index contributed by atoms with van der Waals surface area (Å²) in [6, 6.07) is 14.3. The van der Waals surface area contributed by atoms with E-state index in [1.807, 2.05) is 0 Å². The molecule has 0 N–H and O–H groups in total. The summed E-state index contributed by atoms with van der Waals surface area (Å²) in [6.45, 7) is 3.11. The van der Waals surface area contributed by atoms with E-state index in [9.17, 15) is 9.59 Å². The number of hydrogen-bond acceptors (Lipinski definition) is 6. The summed E-state index contributed by atoms with van der Waals surface area (Å²) in [7, 11) is 3.16. The number of carbonyl (C=O) groups is 2. The lowest BCUT2D eigenvalue weighted by Gasteiger charge is -2.21. The molecule has 6 heteroatoms. The minimum Gasteiger partial charge on any atom is -0.497 e. The zero-order valence-electron chi connectivity index (χ0n) is 16.0. The van der Waals surface area contributed by atoms with Crippen LogP contribution in [0.3, 0.4) is 0 Å². The Morgan fingerprint density at radius 3 is 1.33 bits per heavy atom. The largest absolute Gasteiger partial charge is 0.497 e. The maximum absolute atomic E-state index is 12.3. The molecule has 0 aliphatic carbocycles. The third kappa shape index (κ3) is 5.48. The topological polar surface area (TPSA) is 71.1 Å². The highest BCUT2D eigenvalue weighted by Crippen LogP contribution is 2.22. The molecule has 0 aliphatic rings. The molecule has 0 heterocycles. The van der Waals surface area contributed by atoms with Crippen LogP contribution < -0.4 is 9.47 Å². The second-order valence-electron chi connectivity index (χ2n) is 6.47. The Morgan fingerprint density at radius 1 is 0.704 bits per heavy atom. The third-order valence-corrected chi connectivity index (χ3v) is 4.08. The molecular formula is C21H24O6. The molecule has 0 fully saturated rings. The first-order valence-electron chi connectivity index (χ1n) is 8.47. The second kappa shape index (κ2) is 9.07. The van der Waals surface area contributed by atoms with Crippen molar-refractivity contribution in [2.45, 2.75) is 27.1 Å². The van der Waals surface area contributed by atoms with E-state index < -0.39 is 17.4 Å². The number of hydrogen-bond donors (Lipinski definition) is 0. The summed E-state index contributed by atoms with van der Waals surface area (Å²) < 4.78 is 20.7. The molecule has 2 aromatic rings. The molecule has 0 saturated heterocycles. The number of carbonyl (C=O) groups excluding carboxylic acids is 2. The van der Waals surface area contributed by atoms with Crippen LogP contribution in [0.2, 0.25) is 0 Å². The van der Waals surface area contributed by atoms with Crippen LogP contribution in [0.15, 0.2) is 48.5 Å². The van der Waals surface area contributed by atoms with E-state index in [0.717, 1.165) is 11.1 Å². The summed E-state index contributed by atoms with van der Waals surface area (Å²) in [6.07, 6.45) is 0. The lowest BCUT2D eigenvalue weighted by atomic mass is 9.94. The molecule has 144 valence electrons. The van der Waals surface area contributed by atoms with Gasteiger partial charge < -0.3 is 18.9 Å². The second-order valence-corrected chi connectivity index (χ2v) is 6.47. The van der Waals surface area contributed by atoms with Crippen molar-refractivity contribution in [3.05, 3.63) is 59.7 Å². The molecule has 0 aromatic heterocycles. The summed E-state index contributed by atoms with van der Waals surface area (Å²) in [5.41, 5.74) is 0.192. The quantitative estimate of drug-likeness (QED) is 0.522. The van der Waals surface area contributed by atoms with Gasteiger partial charge >= 0.3 is 11.9 Å². The average molecular weight is 372 g/mol. The minimum atomic E-state index is -1.40. The molecule has 0 amide bonds. The van der Waals surface area contributed by atoms with Gasteiger partial charge in [0.05, 0.1) is 14.2 Å². The lowest BCUT2D eigenvalue weighted by Crippen LogP contribution is -2.36. The van der Waals surface area contributed by atoms with Gasteiger partial charge in [0.25, 0.3) is 0 Å². The fraction of sp³-hybridized carbons (Fsp3) is 0.333. The van der Waals surface area contributed by atoms with Crippen LogP contribution in [-0.4, -0.2) is 26.2 Å². The highest BCUT2D eigenvalue weighted by atomic mass is 16.6. The molecule has 2 aromatic carbocycles. The van der Waals surface area contributed by atoms with Gasteiger partial charge in [-0.25, -0.2) is 0 Å². The number of ether oxygens (including phenoxy) is 4. The molecule has 0 saturated carbocycles. The molecule has 2 rings (SSSR count). The Kier molecular flexibility index (Phi) is 6.82. The highest BCUT2D eigenvalue weighted by Gasteiger charge is 2.39. The highest BCUT2D eigenvalue weighted by molar-refractivity contribution is 5.99. The summed E-state index contributed by atoms with van der Waals surface area (Å²) >= 11 is 0. The van der Waals surface area contributed by atoms with Crippen molar-refractivity contribution >= 4 is 11.9 Å². The first-order chi connectivity index (χ1) is 12.9. The molecule has 0 spiro atoms. The van der Waals surface area contributed by atoms with Crippen molar-refractivity contribution in [3.8, 4) is 11.5 Å². The van der Waals surface area contributed by atoms with Crippen molar-refractivity contribution in [1.82, 2.24) is 0 Å². The van der Waals surface area contributed by atoms with Crippen LogP contribution in [0.25, 0.3) is 0 Å². The van der Waals surface area contributed by atoms with Gasteiger partial charge in [0.15, 0.2) is 5.41 Å². The van der Waals surface area contributed by atoms with Crippen molar-refractivity contribution < 1.29 is 28.5 Å². The molecule has 0 atom stereocenters. The molecule has 0 radical (unpaired) electrons. The summed E-state index contributed by atoms with van der Waals surface area (Å²) in [5, 5.41) is 0. The Balaban J connectivity index is 1.87. The molecule has 27 heavy (non-hydrogen) atoms. The zero-order chi connectivity index (χ0) is 19.9. The molecule has 0 aliphatic heterocycles. The minimum absolute atomic E-state index is 0.0675. The molecule has 0 unspecified atom stereocenters. The van der Waals surface area contributed by atoms with Crippen molar-refractivity contribution in [2.75, 3.05) is 14.2 Å². The Bertz CT molecular complexity index is 697. The smallest absolute Gasteiger partial charge is 0.323 e. The molecule has 0 bridgehead atoms. The third-order valence-electron chi connectivity index (χ3n) is 4.08. The van der Waals surface area contributed by atoms with Gasteiger partial charge in [-0.15, -0.1) is 0 Å². The maximum Gasteiger partial charge on any atom is 0.323 e. The van der Waals surface area contributed by atoms with Crippen LogP contribution >= 0.6 is 0 Å². The van der Waals surface area contributed by atoms with Crippen LogP contribution in [-0.2, 0) is 32.3 Å². The van der Waals surface area contributed by atoms with Crippen LogP contribution in [0.4, 0.5) is 0 Å². The van der Waals surface area contributed by atoms with E-state index in [0.29, 0.717) is 11.5 Å². The lowest BCUT2D eigenvalue weighted by molar-refractivity contribution is -0.171. The predicted molar refractivity (Wildman–Crippen MR) is 99.4 cm³/mol. The first kappa shape index (κ1) is 20.3. The summed E-state index contributed by atoms with van der Waals surface area (Å²) in [4.78, 5) is 24.7. The molecular weight excluding hydrogens is 348 g/mol. The normalized spacial score (nSPS) is 10.8. The average Bonchev–Trinajstić information content (AvgIpc) is 2.70. The van der Waals surface area contributed by atoms with Crippen LogP contribution in [0, 0.1) is 5.41 Å². The number of benzene rings is 2. The van der Waals surface area contributed by atoms with Crippen LogP contribution in [0.1, 0.15) is 25.0 Å². The van der Waals surface area contributed by atoms with Gasteiger partial charge in [0.1, 0.15) is 24.7 Å². The SMILES string of the molecule is COc1ccc(COC(=O)C(C)(C)C(=O)OCc2ccc(OC)cc2)cc1. The Hall–Kier alpha value is -3.02. The van der Waals surface area contributed by atoms with Gasteiger partial charge in [-0.1, -0.05) is 24.3 Å². The number of methoxy groups -OCH3 is 2. The van der Waals surface area contributed by atoms with E-state index in [1.165, 1.54) is 13.8 Å². The maximum atomic E-state index is 12.3. The van der Waals surface area contributed by atoms with Gasteiger partial charge in [0.2, 0.25) is 0 Å². The zero-order valence-corrected chi connectivity index (χ0v) is 16.0. The summed E-state index contributed by atoms with van der Waals surface area (Å²) in [5.74, 6) is 0.149. The number of rotatable bonds is 8. The van der Waals surface area contributed by atoms with E-state index in [1.54, 1.807) is 62.8 Å². The van der Waals surface area contributed by atoms with Gasteiger partial charge in [-0.2, -0.15) is 0 Å². The van der Waals surface area contributed by atoms with Gasteiger partial charge in [-0.05, 0) is 49.2 Å². The monoisotopic (exact) mass is 372 g/mol.